The van der Waals surface area contributed by atoms with Crippen LogP contribution >= 0.6 is 0 Å². The van der Waals surface area contributed by atoms with Gasteiger partial charge in [-0.05, 0) is 28.4 Å². The highest BCUT2D eigenvalue weighted by Crippen LogP contribution is 2.30. The second kappa shape index (κ2) is 4.75. The van der Waals surface area contributed by atoms with E-state index in [2.05, 4.69) is 53.7 Å². The van der Waals surface area contributed by atoms with E-state index in [1.807, 2.05) is 0 Å². The summed E-state index contributed by atoms with van der Waals surface area (Å²) in [6.45, 7) is 15.0. The van der Waals surface area contributed by atoms with E-state index < -0.39 is 0 Å². The van der Waals surface area contributed by atoms with Crippen LogP contribution in [-0.4, -0.2) is 13.2 Å². The zero-order chi connectivity index (χ0) is 12.4. The van der Waals surface area contributed by atoms with Crippen molar-refractivity contribution in [2.45, 2.75) is 48.0 Å². The Hall–Kier alpha value is -0.560. The molecule has 0 unspecified atom stereocenters. The third-order valence-corrected chi connectivity index (χ3v) is 3.17. The molecule has 92 valence electrons. The second-order valence-corrected chi connectivity index (χ2v) is 6.69. The molecule has 0 spiro atoms. The minimum absolute atomic E-state index is 0.229. The molecule has 0 saturated carbocycles. The third kappa shape index (κ3) is 3.79. The molecule has 0 N–H and O–H groups in total. The molecule has 0 atom stereocenters. The summed E-state index contributed by atoms with van der Waals surface area (Å²) in [5.41, 5.74) is 3.29. The van der Waals surface area contributed by atoms with Crippen molar-refractivity contribution in [1.82, 2.24) is 0 Å². The van der Waals surface area contributed by atoms with Gasteiger partial charge in [0.15, 0.2) is 0 Å². The Bertz CT molecular complexity index is 264. The molecule has 0 saturated heterocycles. The summed E-state index contributed by atoms with van der Waals surface area (Å²) in [6.07, 6.45) is 5.69. The monoisotopic (exact) mass is 222 g/mol. The van der Waals surface area contributed by atoms with Crippen LogP contribution in [0.3, 0.4) is 0 Å². The maximum absolute atomic E-state index is 5.82. The van der Waals surface area contributed by atoms with Gasteiger partial charge in [0, 0.05) is 0 Å². The van der Waals surface area contributed by atoms with Crippen LogP contribution in [0.25, 0.3) is 0 Å². The first-order valence-corrected chi connectivity index (χ1v) is 6.18. The summed E-state index contributed by atoms with van der Waals surface area (Å²) in [4.78, 5) is 0. The maximum atomic E-state index is 5.82. The largest absolute Gasteiger partial charge is 0.373 e. The van der Waals surface area contributed by atoms with Crippen LogP contribution in [0.2, 0.25) is 0 Å². The van der Waals surface area contributed by atoms with Crippen LogP contribution in [0.1, 0.15) is 48.0 Å². The quantitative estimate of drug-likeness (QED) is 0.554. The second-order valence-electron chi connectivity index (χ2n) is 6.69. The van der Waals surface area contributed by atoms with Gasteiger partial charge >= 0.3 is 0 Å². The van der Waals surface area contributed by atoms with Crippen LogP contribution in [0.15, 0.2) is 23.3 Å². The van der Waals surface area contributed by atoms with E-state index in [1.54, 1.807) is 0 Å². The van der Waals surface area contributed by atoms with Crippen LogP contribution in [-0.2, 0) is 4.74 Å². The van der Waals surface area contributed by atoms with E-state index in [1.165, 1.54) is 11.1 Å². The van der Waals surface area contributed by atoms with Gasteiger partial charge in [0.2, 0.25) is 0 Å². The number of hydrogen-bond donors (Lipinski definition) is 0. The fourth-order valence-corrected chi connectivity index (χ4v) is 1.78. The van der Waals surface area contributed by atoms with Crippen molar-refractivity contribution in [3.05, 3.63) is 23.3 Å². The topological polar surface area (TPSA) is 9.23 Å². The molecule has 0 aliphatic carbocycles. The fourth-order valence-electron chi connectivity index (χ4n) is 1.78. The lowest BCUT2D eigenvalue weighted by atomic mass is 9.83. The zero-order valence-electron chi connectivity index (χ0n) is 11.7. The van der Waals surface area contributed by atoms with E-state index >= 15 is 0 Å². The number of ether oxygens (including phenoxy) is 1. The van der Waals surface area contributed by atoms with Gasteiger partial charge in [-0.15, -0.1) is 0 Å². The van der Waals surface area contributed by atoms with Gasteiger partial charge in [0.1, 0.15) is 0 Å². The lowest BCUT2D eigenvalue weighted by molar-refractivity contribution is 0.152. The Morgan fingerprint density at radius 1 is 0.812 bits per heavy atom. The minimum Gasteiger partial charge on any atom is -0.373 e. The Labute approximate surface area is 101 Å². The van der Waals surface area contributed by atoms with Crippen molar-refractivity contribution < 1.29 is 4.74 Å². The Balaban J connectivity index is 2.81. The lowest BCUT2D eigenvalue weighted by Gasteiger charge is -2.28. The van der Waals surface area contributed by atoms with Crippen LogP contribution in [0, 0.1) is 10.8 Å². The molecule has 0 aromatic rings. The first kappa shape index (κ1) is 13.5. The molecule has 1 aliphatic rings. The van der Waals surface area contributed by atoms with Crippen molar-refractivity contribution in [1.29, 1.82) is 0 Å². The minimum atomic E-state index is 0.229. The maximum Gasteiger partial charge on any atom is 0.0686 e. The van der Waals surface area contributed by atoms with Crippen LogP contribution in [0.4, 0.5) is 0 Å². The molecule has 1 heteroatoms. The normalized spacial score (nSPS) is 26.1. The Morgan fingerprint density at radius 2 is 1.19 bits per heavy atom. The molecule has 1 nitrogen and oxygen atoms in total. The van der Waals surface area contributed by atoms with Crippen molar-refractivity contribution in [2.75, 3.05) is 13.2 Å². The van der Waals surface area contributed by atoms with Gasteiger partial charge in [0.05, 0.1) is 13.2 Å². The number of allylic oxidation sites excluding steroid dienone is 2. The first-order chi connectivity index (χ1) is 7.21. The molecule has 0 aromatic carbocycles. The molecule has 0 bridgehead atoms. The first-order valence-electron chi connectivity index (χ1n) is 6.18. The van der Waals surface area contributed by atoms with E-state index in [9.17, 15) is 0 Å². The van der Waals surface area contributed by atoms with Crippen molar-refractivity contribution >= 4 is 0 Å². The zero-order valence-corrected chi connectivity index (χ0v) is 11.7. The number of hydrogen-bond acceptors (Lipinski definition) is 1. The average Bonchev–Trinajstić information content (AvgIpc) is 1.96. The molecule has 1 rings (SSSR count). The molecule has 16 heavy (non-hydrogen) atoms. The summed E-state index contributed by atoms with van der Waals surface area (Å²) in [7, 11) is 0. The molecule has 0 aromatic heterocycles. The van der Waals surface area contributed by atoms with Crippen molar-refractivity contribution in [2.24, 2.45) is 10.8 Å². The summed E-state index contributed by atoms with van der Waals surface area (Å²) < 4.78 is 5.82. The molecule has 0 fully saturated rings. The molecule has 0 radical (unpaired) electrons. The highest BCUT2D eigenvalue weighted by Gasteiger charge is 2.21. The smallest absolute Gasteiger partial charge is 0.0686 e. The molecule has 1 aliphatic heterocycles. The molecular weight excluding hydrogens is 196 g/mol. The highest BCUT2D eigenvalue weighted by molar-refractivity contribution is 5.19. The summed E-state index contributed by atoms with van der Waals surface area (Å²) in [5.74, 6) is 0. The van der Waals surface area contributed by atoms with Crippen molar-refractivity contribution in [3.8, 4) is 0 Å². The summed E-state index contributed by atoms with van der Waals surface area (Å²) in [5, 5.41) is 0. The van der Waals surface area contributed by atoms with Gasteiger partial charge in [-0.25, -0.2) is 0 Å². The van der Waals surface area contributed by atoms with Crippen molar-refractivity contribution in [3.63, 3.8) is 0 Å². The van der Waals surface area contributed by atoms with Gasteiger partial charge in [-0.3, -0.25) is 0 Å². The van der Waals surface area contributed by atoms with E-state index in [4.69, 9.17) is 4.74 Å². The van der Waals surface area contributed by atoms with E-state index in [0.29, 0.717) is 0 Å². The Kier molecular flexibility index (Phi) is 4.01. The SMILES string of the molecule is CC(C)(C)/C1=C/C/C=C(/C(C)(C)C)COC1. The van der Waals surface area contributed by atoms with Gasteiger partial charge in [0.25, 0.3) is 0 Å². The predicted octanol–water partition coefficient (Wildman–Crippen LogP) is 4.35. The molecule has 0 amide bonds. The molecule has 1 heterocycles. The van der Waals surface area contributed by atoms with Crippen LogP contribution < -0.4 is 0 Å². The van der Waals surface area contributed by atoms with Gasteiger partial charge in [-0.1, -0.05) is 53.7 Å². The average molecular weight is 222 g/mol. The van der Waals surface area contributed by atoms with Crippen LogP contribution in [0.5, 0.6) is 0 Å². The lowest BCUT2D eigenvalue weighted by Crippen LogP contribution is -2.20. The number of rotatable bonds is 0. The summed E-state index contributed by atoms with van der Waals surface area (Å²) in [6, 6.07) is 0. The van der Waals surface area contributed by atoms with Gasteiger partial charge < -0.3 is 4.74 Å². The third-order valence-electron chi connectivity index (χ3n) is 3.17. The fraction of sp³-hybridized carbons (Fsp3) is 0.733. The van der Waals surface area contributed by atoms with Gasteiger partial charge in [-0.2, -0.15) is 0 Å². The van der Waals surface area contributed by atoms with E-state index in [0.717, 1.165) is 19.6 Å². The van der Waals surface area contributed by atoms with E-state index in [-0.39, 0.29) is 10.8 Å². The molecular formula is C15H26O. The predicted molar refractivity (Wildman–Crippen MR) is 70.5 cm³/mol. The highest BCUT2D eigenvalue weighted by atomic mass is 16.5. The summed E-state index contributed by atoms with van der Waals surface area (Å²) >= 11 is 0. The Morgan fingerprint density at radius 3 is 1.50 bits per heavy atom. The standard InChI is InChI=1S/C15H26O/c1-14(2,3)12-8-7-9-13(11-16-10-12)15(4,5)6/h8-9H,7,10-11H2,1-6H3/b12-8+,13-9+.